The van der Waals surface area contributed by atoms with Crippen molar-refractivity contribution in [1.29, 1.82) is 0 Å². The van der Waals surface area contributed by atoms with Crippen molar-refractivity contribution in [2.75, 3.05) is 11.4 Å². The van der Waals surface area contributed by atoms with Crippen LogP contribution in [-0.4, -0.2) is 27.6 Å². The number of hydrogen-bond donors (Lipinski definition) is 0. The van der Waals surface area contributed by atoms with Crippen molar-refractivity contribution >= 4 is 22.5 Å². The van der Waals surface area contributed by atoms with Crippen LogP contribution < -0.4 is 4.90 Å². The lowest BCUT2D eigenvalue weighted by Crippen LogP contribution is -2.34. The van der Waals surface area contributed by atoms with Gasteiger partial charge in [0, 0.05) is 29.2 Å². The number of hydrogen-bond acceptors (Lipinski definition) is 4. The highest BCUT2D eigenvalue weighted by atomic mass is 16.2. The zero-order chi connectivity index (χ0) is 18.7. The molecule has 0 radical (unpaired) electrons. The third-order valence-electron chi connectivity index (χ3n) is 4.52. The number of carbonyl (C=O) groups excluding carboxylic acids is 1. The fraction of sp³-hybridized carbons (Fsp3) is 0.333. The molecule has 5 nitrogen and oxygen atoms in total. The molecule has 0 unspecified atom stereocenters. The Bertz CT molecular complexity index is 936. The van der Waals surface area contributed by atoms with Crippen molar-refractivity contribution in [3.63, 3.8) is 0 Å². The second-order valence-electron chi connectivity index (χ2n) is 6.93. The third-order valence-corrected chi connectivity index (χ3v) is 4.52. The second kappa shape index (κ2) is 7.60. The molecular weight excluding hydrogens is 324 g/mol. The fourth-order valence-corrected chi connectivity index (χ4v) is 2.97. The Balaban J connectivity index is 2.12. The van der Waals surface area contributed by atoms with Gasteiger partial charge in [0.2, 0.25) is 0 Å². The Hall–Kier alpha value is -2.82. The van der Waals surface area contributed by atoms with Gasteiger partial charge in [-0.3, -0.25) is 14.7 Å². The molecule has 134 valence electrons. The number of nitrogens with zero attached hydrogens (tertiary/aromatic N) is 4. The molecule has 3 rings (SSSR count). The quantitative estimate of drug-likeness (QED) is 0.688. The average Bonchev–Trinajstić information content (AvgIpc) is 2.63. The number of fused-ring (bicyclic) bond motifs is 1. The molecule has 0 fully saturated rings. The van der Waals surface area contributed by atoms with E-state index in [1.54, 1.807) is 17.2 Å². The molecule has 2 aromatic heterocycles. The van der Waals surface area contributed by atoms with E-state index in [1.807, 2.05) is 44.2 Å². The maximum absolute atomic E-state index is 13.3. The summed E-state index contributed by atoms with van der Waals surface area (Å²) >= 11 is 0. The lowest BCUT2D eigenvalue weighted by Gasteiger charge is -2.24. The van der Waals surface area contributed by atoms with Gasteiger partial charge in [-0.25, -0.2) is 0 Å². The zero-order valence-corrected chi connectivity index (χ0v) is 15.7. The van der Waals surface area contributed by atoms with Gasteiger partial charge in [0.15, 0.2) is 5.82 Å². The standard InChI is InChI=1S/C21H24N4O/c1-14(2)11-13-25(21(26)18-10-7-12-22-15(18)3)20-19-9-6-5-8-17(19)16(4)23-24-20/h5-10,12,14H,11,13H2,1-4H3. The minimum atomic E-state index is -0.0837. The highest BCUT2D eigenvalue weighted by molar-refractivity contribution is 6.10. The van der Waals surface area contributed by atoms with E-state index >= 15 is 0 Å². The fourth-order valence-electron chi connectivity index (χ4n) is 2.97. The van der Waals surface area contributed by atoms with Crippen molar-refractivity contribution in [2.45, 2.75) is 34.1 Å². The first kappa shape index (κ1) is 18.0. The predicted molar refractivity (Wildman–Crippen MR) is 104 cm³/mol. The van der Waals surface area contributed by atoms with E-state index in [2.05, 4.69) is 29.0 Å². The number of anilines is 1. The molecular formula is C21H24N4O. The topological polar surface area (TPSA) is 59.0 Å². The summed E-state index contributed by atoms with van der Waals surface area (Å²) in [7, 11) is 0. The number of amides is 1. The summed E-state index contributed by atoms with van der Waals surface area (Å²) in [6, 6.07) is 11.6. The first-order valence-corrected chi connectivity index (χ1v) is 8.94. The summed E-state index contributed by atoms with van der Waals surface area (Å²) < 4.78 is 0. The van der Waals surface area contributed by atoms with Crippen LogP contribution in [-0.2, 0) is 0 Å². The van der Waals surface area contributed by atoms with Crippen molar-refractivity contribution in [3.05, 3.63) is 59.5 Å². The maximum Gasteiger partial charge on any atom is 0.261 e. The van der Waals surface area contributed by atoms with E-state index in [4.69, 9.17) is 0 Å². The van der Waals surface area contributed by atoms with Crippen LogP contribution in [0.3, 0.4) is 0 Å². The molecule has 0 atom stereocenters. The Morgan fingerprint density at radius 2 is 1.73 bits per heavy atom. The van der Waals surface area contributed by atoms with Crippen LogP contribution in [0.2, 0.25) is 0 Å². The molecule has 0 spiro atoms. The monoisotopic (exact) mass is 348 g/mol. The number of pyridine rings is 1. The van der Waals surface area contributed by atoms with Crippen molar-refractivity contribution in [3.8, 4) is 0 Å². The minimum absolute atomic E-state index is 0.0837. The highest BCUT2D eigenvalue weighted by Crippen LogP contribution is 2.27. The molecule has 0 bridgehead atoms. The van der Waals surface area contributed by atoms with Crippen LogP contribution in [0.1, 0.15) is 42.0 Å². The molecule has 0 saturated heterocycles. The molecule has 0 aliphatic heterocycles. The third kappa shape index (κ3) is 3.57. The van der Waals surface area contributed by atoms with Crippen LogP contribution in [0.5, 0.6) is 0 Å². The Labute approximate surface area is 154 Å². The molecule has 1 aromatic carbocycles. The molecule has 5 heteroatoms. The largest absolute Gasteiger partial charge is 0.291 e. The van der Waals surface area contributed by atoms with Gasteiger partial charge in [-0.2, -0.15) is 5.10 Å². The summed E-state index contributed by atoms with van der Waals surface area (Å²) in [5.41, 5.74) is 2.18. The smallest absolute Gasteiger partial charge is 0.261 e. The van der Waals surface area contributed by atoms with Crippen LogP contribution in [0.25, 0.3) is 10.8 Å². The normalized spacial score (nSPS) is 11.1. The van der Waals surface area contributed by atoms with E-state index < -0.39 is 0 Å². The lowest BCUT2D eigenvalue weighted by atomic mass is 10.1. The van der Waals surface area contributed by atoms with Crippen LogP contribution in [0.4, 0.5) is 5.82 Å². The predicted octanol–water partition coefficient (Wildman–Crippen LogP) is 4.33. The number of aromatic nitrogens is 3. The molecule has 1 amide bonds. The van der Waals surface area contributed by atoms with E-state index in [9.17, 15) is 4.79 Å². The number of rotatable bonds is 5. The number of benzene rings is 1. The van der Waals surface area contributed by atoms with E-state index in [-0.39, 0.29) is 5.91 Å². The first-order valence-electron chi connectivity index (χ1n) is 8.94. The Kier molecular flexibility index (Phi) is 5.26. The van der Waals surface area contributed by atoms with Gasteiger partial charge in [-0.15, -0.1) is 5.10 Å². The summed E-state index contributed by atoms with van der Waals surface area (Å²) in [5.74, 6) is 1.00. The van der Waals surface area contributed by atoms with E-state index in [0.717, 1.165) is 28.6 Å². The van der Waals surface area contributed by atoms with Crippen LogP contribution in [0.15, 0.2) is 42.6 Å². The van der Waals surface area contributed by atoms with Gasteiger partial charge in [0.05, 0.1) is 11.3 Å². The summed E-state index contributed by atoms with van der Waals surface area (Å²) in [6.07, 6.45) is 2.58. The molecule has 0 saturated carbocycles. The molecule has 0 aliphatic rings. The molecule has 0 aliphatic carbocycles. The molecule has 26 heavy (non-hydrogen) atoms. The lowest BCUT2D eigenvalue weighted by molar-refractivity contribution is 0.0984. The average molecular weight is 348 g/mol. The maximum atomic E-state index is 13.3. The molecule has 3 aromatic rings. The summed E-state index contributed by atoms with van der Waals surface area (Å²) in [4.78, 5) is 19.3. The zero-order valence-electron chi connectivity index (χ0n) is 15.7. The number of aryl methyl sites for hydroxylation is 2. The van der Waals surface area contributed by atoms with Crippen molar-refractivity contribution in [2.24, 2.45) is 5.92 Å². The highest BCUT2D eigenvalue weighted by Gasteiger charge is 2.23. The minimum Gasteiger partial charge on any atom is -0.291 e. The van der Waals surface area contributed by atoms with Crippen molar-refractivity contribution in [1.82, 2.24) is 15.2 Å². The SMILES string of the molecule is Cc1ncccc1C(=O)N(CCC(C)C)c1nnc(C)c2ccccc12. The van der Waals surface area contributed by atoms with E-state index in [1.165, 1.54) is 0 Å². The van der Waals surface area contributed by atoms with Crippen LogP contribution >= 0.6 is 0 Å². The van der Waals surface area contributed by atoms with Gasteiger partial charge < -0.3 is 0 Å². The van der Waals surface area contributed by atoms with E-state index in [0.29, 0.717) is 23.8 Å². The summed E-state index contributed by atoms with van der Waals surface area (Å²) in [6.45, 7) is 8.68. The van der Waals surface area contributed by atoms with Gasteiger partial charge in [0.25, 0.3) is 5.91 Å². The molecule has 0 N–H and O–H groups in total. The summed E-state index contributed by atoms with van der Waals surface area (Å²) in [5, 5.41) is 10.6. The Morgan fingerprint density at radius 3 is 2.42 bits per heavy atom. The second-order valence-corrected chi connectivity index (χ2v) is 6.93. The van der Waals surface area contributed by atoms with Gasteiger partial charge in [-0.1, -0.05) is 38.1 Å². The first-order chi connectivity index (χ1) is 12.5. The number of carbonyl (C=O) groups is 1. The van der Waals surface area contributed by atoms with Crippen LogP contribution in [0, 0.1) is 19.8 Å². The molecule has 2 heterocycles. The van der Waals surface area contributed by atoms with Gasteiger partial charge >= 0.3 is 0 Å². The van der Waals surface area contributed by atoms with Gasteiger partial charge in [0.1, 0.15) is 0 Å². The Morgan fingerprint density at radius 1 is 1.00 bits per heavy atom. The van der Waals surface area contributed by atoms with Gasteiger partial charge in [-0.05, 0) is 38.3 Å². The van der Waals surface area contributed by atoms with Crippen molar-refractivity contribution < 1.29 is 4.79 Å².